The summed E-state index contributed by atoms with van der Waals surface area (Å²) in [5.41, 5.74) is 5.49. The standard InChI is InChI=1S/C16H23N3O5S/c1-18(2)25(22,23)12-4-5-14(24-3)13(10-12)16(21)19-8-6-11(7-9-19)15(17)20/h4-5,10-11H,6-9H2,1-3H3,(H2,17,20). The number of primary amides is 1. The van der Waals surface area contributed by atoms with Crippen LogP contribution in [0.1, 0.15) is 23.2 Å². The first-order valence-corrected chi connectivity index (χ1v) is 9.31. The monoisotopic (exact) mass is 369 g/mol. The van der Waals surface area contributed by atoms with E-state index in [4.69, 9.17) is 10.5 Å². The van der Waals surface area contributed by atoms with Crippen LogP contribution in [0.3, 0.4) is 0 Å². The summed E-state index contributed by atoms with van der Waals surface area (Å²) in [5, 5.41) is 0. The number of piperidine rings is 1. The van der Waals surface area contributed by atoms with Gasteiger partial charge < -0.3 is 15.4 Å². The Balaban J connectivity index is 2.31. The number of benzene rings is 1. The Kier molecular flexibility index (Phi) is 5.69. The molecule has 9 heteroatoms. The zero-order valence-corrected chi connectivity index (χ0v) is 15.4. The predicted molar refractivity (Wildman–Crippen MR) is 91.7 cm³/mol. The molecule has 2 amide bonds. The van der Waals surface area contributed by atoms with Gasteiger partial charge in [-0.2, -0.15) is 0 Å². The minimum atomic E-state index is -3.66. The molecule has 1 aromatic carbocycles. The van der Waals surface area contributed by atoms with E-state index < -0.39 is 10.0 Å². The number of carbonyl (C=O) groups excluding carboxylic acids is 2. The minimum absolute atomic E-state index is 0.0219. The number of amides is 2. The number of likely N-dealkylation sites (tertiary alicyclic amines) is 1. The summed E-state index contributed by atoms with van der Waals surface area (Å²) >= 11 is 0. The number of hydrogen-bond donors (Lipinski definition) is 1. The lowest BCUT2D eigenvalue weighted by molar-refractivity contribution is -0.123. The van der Waals surface area contributed by atoms with Gasteiger partial charge in [0.1, 0.15) is 5.75 Å². The Morgan fingerprint density at radius 2 is 1.84 bits per heavy atom. The second-order valence-corrected chi connectivity index (χ2v) is 8.27. The van der Waals surface area contributed by atoms with Crippen LogP contribution in [0.5, 0.6) is 5.75 Å². The highest BCUT2D eigenvalue weighted by Crippen LogP contribution is 2.27. The molecule has 1 heterocycles. The lowest BCUT2D eigenvalue weighted by Gasteiger charge is -2.31. The van der Waals surface area contributed by atoms with E-state index in [0.717, 1.165) is 4.31 Å². The van der Waals surface area contributed by atoms with Crippen LogP contribution in [0.2, 0.25) is 0 Å². The van der Waals surface area contributed by atoms with Crippen molar-refractivity contribution in [2.24, 2.45) is 11.7 Å². The van der Waals surface area contributed by atoms with Crippen LogP contribution in [-0.2, 0) is 14.8 Å². The van der Waals surface area contributed by atoms with Crippen molar-refractivity contribution in [3.05, 3.63) is 23.8 Å². The van der Waals surface area contributed by atoms with Crippen molar-refractivity contribution >= 4 is 21.8 Å². The van der Waals surface area contributed by atoms with Gasteiger partial charge >= 0.3 is 0 Å². The highest BCUT2D eigenvalue weighted by molar-refractivity contribution is 7.89. The third kappa shape index (κ3) is 3.93. The molecule has 0 atom stereocenters. The molecule has 1 fully saturated rings. The number of rotatable bonds is 5. The SMILES string of the molecule is COc1ccc(S(=O)(=O)N(C)C)cc1C(=O)N1CCC(C(N)=O)CC1. The van der Waals surface area contributed by atoms with Gasteiger partial charge in [0.2, 0.25) is 15.9 Å². The fourth-order valence-electron chi connectivity index (χ4n) is 2.76. The molecule has 25 heavy (non-hydrogen) atoms. The Morgan fingerprint density at radius 3 is 2.32 bits per heavy atom. The zero-order chi connectivity index (χ0) is 18.8. The molecule has 1 aromatic rings. The maximum atomic E-state index is 12.8. The van der Waals surface area contributed by atoms with Crippen LogP contribution in [0.25, 0.3) is 0 Å². The molecule has 138 valence electrons. The average Bonchev–Trinajstić information content (AvgIpc) is 2.60. The van der Waals surface area contributed by atoms with Gasteiger partial charge in [0.15, 0.2) is 0 Å². The largest absolute Gasteiger partial charge is 0.496 e. The number of methoxy groups -OCH3 is 1. The first-order chi connectivity index (χ1) is 11.7. The van der Waals surface area contributed by atoms with E-state index >= 15 is 0 Å². The van der Waals surface area contributed by atoms with Gasteiger partial charge in [-0.25, -0.2) is 12.7 Å². The van der Waals surface area contributed by atoms with E-state index in [9.17, 15) is 18.0 Å². The van der Waals surface area contributed by atoms with E-state index in [1.165, 1.54) is 39.4 Å². The summed E-state index contributed by atoms with van der Waals surface area (Å²) in [6.45, 7) is 0.778. The molecular weight excluding hydrogens is 346 g/mol. The third-order valence-electron chi connectivity index (χ3n) is 4.36. The summed E-state index contributed by atoms with van der Waals surface area (Å²) < 4.78 is 30.9. The molecule has 0 unspecified atom stereocenters. The summed E-state index contributed by atoms with van der Waals surface area (Å²) in [4.78, 5) is 25.7. The number of hydrogen-bond acceptors (Lipinski definition) is 5. The Labute approximate surface area is 147 Å². The first kappa shape index (κ1) is 19.2. The van der Waals surface area contributed by atoms with Crippen molar-refractivity contribution in [1.82, 2.24) is 9.21 Å². The lowest BCUT2D eigenvalue weighted by Crippen LogP contribution is -2.41. The molecule has 0 bridgehead atoms. The van der Waals surface area contributed by atoms with Crippen molar-refractivity contribution < 1.29 is 22.7 Å². The molecule has 2 N–H and O–H groups in total. The smallest absolute Gasteiger partial charge is 0.257 e. The third-order valence-corrected chi connectivity index (χ3v) is 6.18. The quantitative estimate of drug-likeness (QED) is 0.802. The van der Waals surface area contributed by atoms with E-state index in [0.29, 0.717) is 31.7 Å². The number of sulfonamides is 1. The number of ether oxygens (including phenoxy) is 1. The summed E-state index contributed by atoms with van der Waals surface area (Å²) in [7, 11) is 0.612. The maximum absolute atomic E-state index is 12.8. The van der Waals surface area contributed by atoms with E-state index in [2.05, 4.69) is 0 Å². The van der Waals surface area contributed by atoms with Crippen LogP contribution in [0, 0.1) is 5.92 Å². The van der Waals surface area contributed by atoms with Crippen molar-refractivity contribution in [3.63, 3.8) is 0 Å². The molecule has 1 aliphatic heterocycles. The van der Waals surface area contributed by atoms with Crippen LogP contribution in [-0.4, -0.2) is 63.7 Å². The second kappa shape index (κ2) is 7.40. The minimum Gasteiger partial charge on any atom is -0.496 e. The number of nitrogens with zero attached hydrogens (tertiary/aromatic N) is 2. The number of nitrogens with two attached hydrogens (primary N) is 1. The molecule has 1 saturated heterocycles. The van der Waals surface area contributed by atoms with E-state index in [-0.39, 0.29) is 28.2 Å². The van der Waals surface area contributed by atoms with Gasteiger partial charge in [0.05, 0.1) is 17.6 Å². The molecule has 2 rings (SSSR count). The Morgan fingerprint density at radius 1 is 1.24 bits per heavy atom. The Bertz CT molecular complexity index is 768. The molecule has 1 aliphatic rings. The fraction of sp³-hybridized carbons (Fsp3) is 0.500. The second-order valence-electron chi connectivity index (χ2n) is 6.12. The van der Waals surface area contributed by atoms with Gasteiger partial charge in [0.25, 0.3) is 5.91 Å². The molecule has 0 saturated carbocycles. The first-order valence-electron chi connectivity index (χ1n) is 7.87. The fourth-order valence-corrected chi connectivity index (χ4v) is 3.69. The highest BCUT2D eigenvalue weighted by Gasteiger charge is 2.29. The van der Waals surface area contributed by atoms with Crippen LogP contribution >= 0.6 is 0 Å². The van der Waals surface area contributed by atoms with Gasteiger partial charge in [-0.05, 0) is 31.0 Å². The summed E-state index contributed by atoms with van der Waals surface area (Å²) in [6.07, 6.45) is 0.998. The van der Waals surface area contributed by atoms with Crippen molar-refractivity contribution in [3.8, 4) is 5.75 Å². The highest BCUT2D eigenvalue weighted by atomic mass is 32.2. The topological polar surface area (TPSA) is 110 Å². The predicted octanol–water partition coefficient (Wildman–Crippen LogP) is 0.283. The summed E-state index contributed by atoms with van der Waals surface area (Å²) in [6, 6.07) is 4.21. The zero-order valence-electron chi connectivity index (χ0n) is 14.6. The molecule has 0 spiro atoms. The lowest BCUT2D eigenvalue weighted by atomic mass is 9.96. The molecular formula is C16H23N3O5S. The summed E-state index contributed by atoms with van der Waals surface area (Å²) in [5.74, 6) is -0.606. The molecule has 0 aliphatic carbocycles. The van der Waals surface area contributed by atoms with Crippen molar-refractivity contribution in [1.29, 1.82) is 0 Å². The van der Waals surface area contributed by atoms with Crippen LogP contribution < -0.4 is 10.5 Å². The van der Waals surface area contributed by atoms with Crippen LogP contribution in [0.15, 0.2) is 23.1 Å². The molecule has 0 aromatic heterocycles. The maximum Gasteiger partial charge on any atom is 0.257 e. The van der Waals surface area contributed by atoms with Crippen molar-refractivity contribution in [2.45, 2.75) is 17.7 Å². The molecule has 0 radical (unpaired) electrons. The van der Waals surface area contributed by atoms with E-state index in [1.54, 1.807) is 4.90 Å². The Hall–Kier alpha value is -2.13. The van der Waals surface area contributed by atoms with E-state index in [1.807, 2.05) is 0 Å². The van der Waals surface area contributed by atoms with Gasteiger partial charge in [-0.3, -0.25) is 9.59 Å². The van der Waals surface area contributed by atoms with Gasteiger partial charge in [0, 0.05) is 33.1 Å². The van der Waals surface area contributed by atoms with Gasteiger partial charge in [-0.1, -0.05) is 0 Å². The normalized spacial score (nSPS) is 16.1. The van der Waals surface area contributed by atoms with Crippen molar-refractivity contribution in [2.75, 3.05) is 34.3 Å². The van der Waals surface area contributed by atoms with Gasteiger partial charge in [-0.15, -0.1) is 0 Å². The van der Waals surface area contributed by atoms with Crippen LogP contribution in [0.4, 0.5) is 0 Å². The average molecular weight is 369 g/mol. The molecule has 8 nitrogen and oxygen atoms in total. The number of carbonyl (C=O) groups is 2.